The van der Waals surface area contributed by atoms with E-state index in [1.165, 1.54) is 23.0 Å². The first-order chi connectivity index (χ1) is 16.7. The smallest absolute Gasteiger partial charge is 0.367 e. The van der Waals surface area contributed by atoms with Crippen molar-refractivity contribution < 1.29 is 21.6 Å². The van der Waals surface area contributed by atoms with Gasteiger partial charge < -0.3 is 10.2 Å². The van der Waals surface area contributed by atoms with Gasteiger partial charge in [-0.15, -0.1) is 5.10 Å². The van der Waals surface area contributed by atoms with E-state index >= 15 is 0 Å². The molecular weight excluding hydrogens is 497 g/mol. The number of aromatic nitrogens is 5. The molecule has 194 valence electrons. The third-order valence-electron chi connectivity index (χ3n) is 6.44. The molecule has 36 heavy (non-hydrogen) atoms. The van der Waals surface area contributed by atoms with Gasteiger partial charge in [-0.1, -0.05) is 5.21 Å². The van der Waals surface area contributed by atoms with Crippen molar-refractivity contribution in [3.8, 4) is 11.4 Å². The molecular formula is C22H27F3N8O2S. The van der Waals surface area contributed by atoms with E-state index in [2.05, 4.69) is 30.3 Å². The number of fused-ring (bicyclic) bond motifs is 1. The first kappa shape index (κ1) is 24.8. The van der Waals surface area contributed by atoms with Gasteiger partial charge in [-0.25, -0.2) is 23.1 Å². The van der Waals surface area contributed by atoms with Crippen LogP contribution in [0.1, 0.15) is 39.4 Å². The summed E-state index contributed by atoms with van der Waals surface area (Å²) in [6.45, 7) is 6.65. The number of nitrogens with one attached hydrogen (secondary N) is 2. The normalized spacial score (nSPS) is 22.2. The van der Waals surface area contributed by atoms with Gasteiger partial charge in [0.15, 0.2) is 0 Å². The Morgan fingerprint density at radius 1 is 1.14 bits per heavy atom. The van der Waals surface area contributed by atoms with Crippen LogP contribution in [0.3, 0.4) is 0 Å². The van der Waals surface area contributed by atoms with Crippen molar-refractivity contribution >= 4 is 26.6 Å². The fourth-order valence-electron chi connectivity index (χ4n) is 4.56. The number of rotatable bonds is 5. The van der Waals surface area contributed by atoms with Gasteiger partial charge in [0, 0.05) is 43.1 Å². The zero-order valence-corrected chi connectivity index (χ0v) is 21.1. The Morgan fingerprint density at radius 2 is 1.81 bits per heavy atom. The van der Waals surface area contributed by atoms with Crippen LogP contribution in [0.25, 0.3) is 22.3 Å². The van der Waals surface area contributed by atoms with Crippen molar-refractivity contribution in [2.24, 2.45) is 7.05 Å². The number of nitrogens with zero attached hydrogens (tertiary/aromatic N) is 6. The number of aryl methyl sites for hydroxylation is 1. The summed E-state index contributed by atoms with van der Waals surface area (Å²) >= 11 is 0. The summed E-state index contributed by atoms with van der Waals surface area (Å²) < 4.78 is 72.5. The fourth-order valence-corrected chi connectivity index (χ4v) is 6.07. The number of halogens is 3. The van der Waals surface area contributed by atoms with Crippen LogP contribution in [0.15, 0.2) is 23.2 Å². The second-order valence-electron chi connectivity index (χ2n) is 10.0. The standard InChI is InChI=1S/C22H27F3N8O2S/c1-12-9-33(10-13(2)26-12)17-8-14(36(34,35)30-21(3)5-6-21)7-15-18(16-11-32(4)31-29-16)27-20(22(23,24)25)28-19(15)17/h7-8,11-13,26,30H,5-6,9-10H2,1-4H3/t12-,13-/m0/s1. The Balaban J connectivity index is 1.81. The van der Waals surface area contributed by atoms with Gasteiger partial charge >= 0.3 is 6.18 Å². The lowest BCUT2D eigenvalue weighted by molar-refractivity contribution is -0.144. The highest BCUT2D eigenvalue weighted by molar-refractivity contribution is 7.89. The summed E-state index contributed by atoms with van der Waals surface area (Å²) in [5.74, 6) is -1.33. The SMILES string of the molecule is C[C@H]1CN(c2cc(S(=O)(=O)NC3(C)CC3)cc3c(-c4cn(C)nn4)nc(C(F)(F)F)nc23)C[C@H](C)N1. The van der Waals surface area contributed by atoms with Crippen molar-refractivity contribution in [1.82, 2.24) is 35.0 Å². The van der Waals surface area contributed by atoms with Crippen molar-refractivity contribution in [3.05, 3.63) is 24.2 Å². The van der Waals surface area contributed by atoms with E-state index in [1.54, 1.807) is 7.05 Å². The average molecular weight is 525 g/mol. The fraction of sp³-hybridized carbons (Fsp3) is 0.545. The molecule has 0 bridgehead atoms. The molecule has 5 rings (SSSR count). The second-order valence-corrected chi connectivity index (χ2v) is 11.7. The molecule has 1 aliphatic heterocycles. The summed E-state index contributed by atoms with van der Waals surface area (Å²) in [7, 11) is -2.40. The highest BCUT2D eigenvalue weighted by atomic mass is 32.2. The highest BCUT2D eigenvalue weighted by Gasteiger charge is 2.42. The molecule has 2 atom stereocenters. The molecule has 2 aliphatic rings. The lowest BCUT2D eigenvalue weighted by Crippen LogP contribution is -2.54. The topological polar surface area (TPSA) is 118 Å². The van der Waals surface area contributed by atoms with Crippen molar-refractivity contribution in [1.29, 1.82) is 0 Å². The first-order valence-corrected chi connectivity index (χ1v) is 13.1. The minimum absolute atomic E-state index is 0.0101. The van der Waals surface area contributed by atoms with Gasteiger partial charge in [0.05, 0.1) is 22.3 Å². The van der Waals surface area contributed by atoms with Gasteiger partial charge in [-0.3, -0.25) is 4.68 Å². The third kappa shape index (κ3) is 4.76. The molecule has 0 unspecified atom stereocenters. The van der Waals surface area contributed by atoms with E-state index in [0.717, 1.165) is 0 Å². The van der Waals surface area contributed by atoms with Gasteiger partial charge in [0.2, 0.25) is 15.8 Å². The van der Waals surface area contributed by atoms with Crippen LogP contribution in [0.2, 0.25) is 0 Å². The zero-order chi connectivity index (χ0) is 26.0. The van der Waals surface area contributed by atoms with Gasteiger partial charge in [0.1, 0.15) is 11.4 Å². The van der Waals surface area contributed by atoms with E-state index in [-0.39, 0.29) is 39.3 Å². The summed E-state index contributed by atoms with van der Waals surface area (Å²) in [5.41, 5.74) is -0.272. The molecule has 3 heterocycles. The maximum Gasteiger partial charge on any atom is 0.451 e. The van der Waals surface area contributed by atoms with Gasteiger partial charge in [-0.05, 0) is 45.7 Å². The molecule has 1 aromatic carbocycles. The van der Waals surface area contributed by atoms with Crippen LogP contribution in [-0.2, 0) is 23.2 Å². The molecule has 2 fully saturated rings. The zero-order valence-electron chi connectivity index (χ0n) is 20.3. The predicted molar refractivity (Wildman–Crippen MR) is 127 cm³/mol. The summed E-state index contributed by atoms with van der Waals surface area (Å²) in [6, 6.07) is 2.79. The Hall–Kier alpha value is -2.84. The number of piperazine rings is 1. The molecule has 0 spiro atoms. The van der Waals surface area contributed by atoms with Crippen molar-refractivity contribution in [2.45, 2.75) is 62.3 Å². The van der Waals surface area contributed by atoms with Crippen molar-refractivity contribution in [3.63, 3.8) is 0 Å². The van der Waals surface area contributed by atoms with Crippen LogP contribution >= 0.6 is 0 Å². The molecule has 14 heteroatoms. The molecule has 10 nitrogen and oxygen atoms in total. The number of anilines is 1. The number of alkyl halides is 3. The molecule has 1 aliphatic carbocycles. The van der Waals surface area contributed by atoms with E-state index < -0.39 is 27.6 Å². The van der Waals surface area contributed by atoms with Crippen LogP contribution < -0.4 is 14.9 Å². The molecule has 0 amide bonds. The molecule has 3 aromatic rings. The van der Waals surface area contributed by atoms with Crippen LogP contribution in [0.4, 0.5) is 18.9 Å². The highest BCUT2D eigenvalue weighted by Crippen LogP contribution is 2.40. The quantitative estimate of drug-likeness (QED) is 0.523. The molecule has 2 N–H and O–H groups in total. The summed E-state index contributed by atoms with van der Waals surface area (Å²) in [6.07, 6.45) is -1.97. The second kappa shape index (κ2) is 8.35. The lowest BCUT2D eigenvalue weighted by Gasteiger charge is -2.38. The largest absolute Gasteiger partial charge is 0.451 e. The van der Waals surface area contributed by atoms with E-state index in [0.29, 0.717) is 31.6 Å². The number of benzene rings is 1. The van der Waals surface area contributed by atoms with Crippen LogP contribution in [-0.4, -0.2) is 64.1 Å². The van der Waals surface area contributed by atoms with E-state index in [9.17, 15) is 21.6 Å². The van der Waals surface area contributed by atoms with Gasteiger partial charge in [0.25, 0.3) is 0 Å². The van der Waals surface area contributed by atoms with Crippen LogP contribution in [0.5, 0.6) is 0 Å². The van der Waals surface area contributed by atoms with Gasteiger partial charge in [-0.2, -0.15) is 13.2 Å². The Bertz CT molecular complexity index is 1430. The summed E-state index contributed by atoms with van der Waals surface area (Å²) in [5, 5.41) is 11.3. The van der Waals surface area contributed by atoms with E-state index in [1.807, 2.05) is 25.7 Å². The number of hydrogen-bond donors (Lipinski definition) is 2. The number of sulfonamides is 1. The molecule has 2 aromatic heterocycles. The molecule has 1 saturated carbocycles. The van der Waals surface area contributed by atoms with Crippen LogP contribution in [0, 0.1) is 0 Å². The minimum Gasteiger partial charge on any atom is -0.367 e. The van der Waals surface area contributed by atoms with E-state index in [4.69, 9.17) is 0 Å². The number of hydrogen-bond acceptors (Lipinski definition) is 8. The molecule has 1 saturated heterocycles. The van der Waals surface area contributed by atoms with Crippen molar-refractivity contribution in [2.75, 3.05) is 18.0 Å². The minimum atomic E-state index is -4.82. The molecule has 0 radical (unpaired) electrons. The maximum atomic E-state index is 13.9. The first-order valence-electron chi connectivity index (χ1n) is 11.6. The predicted octanol–water partition coefficient (Wildman–Crippen LogP) is 2.46. The third-order valence-corrected chi connectivity index (χ3v) is 8.06. The lowest BCUT2D eigenvalue weighted by atomic mass is 10.1. The maximum absolute atomic E-state index is 13.9. The Morgan fingerprint density at radius 3 is 2.36 bits per heavy atom. The summed E-state index contributed by atoms with van der Waals surface area (Å²) in [4.78, 5) is 9.50. The average Bonchev–Trinajstić information content (AvgIpc) is 3.32. The Labute approximate surface area is 206 Å². The monoisotopic (exact) mass is 524 g/mol. The Kier molecular flexibility index (Phi) is 5.76.